The van der Waals surface area contributed by atoms with Crippen molar-refractivity contribution < 1.29 is 14.3 Å². The van der Waals surface area contributed by atoms with Crippen LogP contribution >= 0.6 is 11.6 Å². The number of carbonyl (C=O) groups excluding carboxylic acids is 1. The Morgan fingerprint density at radius 2 is 2.05 bits per heavy atom. The van der Waals surface area contributed by atoms with Crippen LogP contribution in [-0.4, -0.2) is 11.0 Å². The smallest absolute Gasteiger partial charge is 0.228 e. The van der Waals surface area contributed by atoms with Crippen molar-refractivity contribution in [1.29, 1.82) is 0 Å². The highest BCUT2D eigenvalue weighted by molar-refractivity contribution is 6.33. The summed E-state index contributed by atoms with van der Waals surface area (Å²) in [5, 5.41) is 13.5. The molecule has 2 aromatic carbocycles. The molecule has 108 valence electrons. The number of aliphatic hydroxyl groups excluding tert-OH is 1. The van der Waals surface area contributed by atoms with E-state index in [1.54, 1.807) is 25.1 Å². The van der Waals surface area contributed by atoms with E-state index in [1.165, 1.54) is 12.1 Å². The summed E-state index contributed by atoms with van der Waals surface area (Å²) < 4.78 is 13.8. The molecule has 3 nitrogen and oxygen atoms in total. The number of benzene rings is 2. The van der Waals surface area contributed by atoms with E-state index in [1.807, 2.05) is 0 Å². The molecule has 0 aromatic heterocycles. The van der Waals surface area contributed by atoms with Gasteiger partial charge in [-0.2, -0.15) is 0 Å². The Morgan fingerprint density at radius 1 is 1.33 bits per heavy atom. The standard InChI is InChI=1S/C16H13ClFNO2/c1-8-14(17)11(6-9-7-13(20)19-15(8)9)16(21)10-4-2-3-5-12(10)18/h2-6,16,21H,7H2,1H3,(H,19,20). The lowest BCUT2D eigenvalue weighted by atomic mass is 9.95. The third-order valence-corrected chi connectivity index (χ3v) is 4.22. The Kier molecular flexibility index (Phi) is 3.43. The van der Waals surface area contributed by atoms with Gasteiger partial charge in [0.25, 0.3) is 0 Å². The van der Waals surface area contributed by atoms with Gasteiger partial charge in [-0.05, 0) is 30.2 Å². The summed E-state index contributed by atoms with van der Waals surface area (Å²) in [7, 11) is 0. The minimum absolute atomic E-state index is 0.110. The number of carbonyl (C=O) groups is 1. The molecule has 5 heteroatoms. The Labute approximate surface area is 126 Å². The quantitative estimate of drug-likeness (QED) is 0.894. The van der Waals surface area contributed by atoms with E-state index in [0.29, 0.717) is 21.8 Å². The normalized spacial score (nSPS) is 14.8. The molecule has 0 aliphatic carbocycles. The van der Waals surface area contributed by atoms with Gasteiger partial charge in [0.2, 0.25) is 5.91 Å². The van der Waals surface area contributed by atoms with Crippen LogP contribution in [0, 0.1) is 12.7 Å². The van der Waals surface area contributed by atoms with Gasteiger partial charge in [-0.15, -0.1) is 0 Å². The summed E-state index contributed by atoms with van der Waals surface area (Å²) in [5.41, 5.74) is 2.72. The molecule has 0 spiro atoms. The van der Waals surface area contributed by atoms with Crippen LogP contribution in [0.25, 0.3) is 0 Å². The van der Waals surface area contributed by atoms with Crippen LogP contribution in [-0.2, 0) is 11.2 Å². The molecule has 3 rings (SSSR count). The number of amides is 1. The Balaban J connectivity index is 2.12. The molecule has 0 fully saturated rings. The highest BCUT2D eigenvalue weighted by atomic mass is 35.5. The predicted octanol–water partition coefficient (Wildman–Crippen LogP) is 3.36. The van der Waals surface area contributed by atoms with Crippen molar-refractivity contribution in [2.24, 2.45) is 0 Å². The second kappa shape index (κ2) is 5.13. The molecule has 0 saturated heterocycles. The van der Waals surface area contributed by atoms with Crippen LogP contribution in [0.1, 0.15) is 28.4 Å². The van der Waals surface area contributed by atoms with Crippen LogP contribution < -0.4 is 5.32 Å². The van der Waals surface area contributed by atoms with Gasteiger partial charge >= 0.3 is 0 Å². The van der Waals surface area contributed by atoms with Crippen molar-refractivity contribution >= 4 is 23.2 Å². The first-order valence-corrected chi connectivity index (χ1v) is 6.91. The average molecular weight is 306 g/mol. The summed E-state index contributed by atoms with van der Waals surface area (Å²) in [6.45, 7) is 1.77. The largest absolute Gasteiger partial charge is 0.383 e. The first-order valence-electron chi connectivity index (χ1n) is 6.53. The summed E-state index contributed by atoms with van der Waals surface area (Å²) in [6, 6.07) is 7.68. The van der Waals surface area contributed by atoms with Crippen LogP contribution in [0.4, 0.5) is 10.1 Å². The molecule has 2 N–H and O–H groups in total. The second-order valence-corrected chi connectivity index (χ2v) is 5.47. The maximum absolute atomic E-state index is 13.8. The van der Waals surface area contributed by atoms with E-state index in [4.69, 9.17) is 11.6 Å². The van der Waals surface area contributed by atoms with E-state index in [0.717, 1.165) is 5.56 Å². The molecular weight excluding hydrogens is 293 g/mol. The molecule has 2 aromatic rings. The number of halogens is 2. The predicted molar refractivity (Wildman–Crippen MR) is 79.0 cm³/mol. The number of hydrogen-bond acceptors (Lipinski definition) is 2. The molecule has 1 atom stereocenters. The fourth-order valence-corrected chi connectivity index (χ4v) is 2.88. The second-order valence-electron chi connectivity index (χ2n) is 5.09. The molecule has 0 bridgehead atoms. The Hall–Kier alpha value is -1.91. The van der Waals surface area contributed by atoms with Gasteiger partial charge in [0.1, 0.15) is 11.9 Å². The van der Waals surface area contributed by atoms with Gasteiger partial charge in [-0.25, -0.2) is 4.39 Å². The molecule has 1 amide bonds. The van der Waals surface area contributed by atoms with Crippen LogP contribution in [0.3, 0.4) is 0 Å². The number of anilines is 1. The lowest BCUT2D eigenvalue weighted by Gasteiger charge is -2.17. The highest BCUT2D eigenvalue weighted by Gasteiger charge is 2.26. The van der Waals surface area contributed by atoms with E-state index in [-0.39, 0.29) is 17.9 Å². The van der Waals surface area contributed by atoms with E-state index in [9.17, 15) is 14.3 Å². The topological polar surface area (TPSA) is 49.3 Å². The zero-order chi connectivity index (χ0) is 15.1. The van der Waals surface area contributed by atoms with Gasteiger partial charge in [-0.1, -0.05) is 29.8 Å². The van der Waals surface area contributed by atoms with E-state index < -0.39 is 11.9 Å². The number of hydrogen-bond donors (Lipinski definition) is 2. The molecule has 1 aliphatic rings. The van der Waals surface area contributed by atoms with E-state index >= 15 is 0 Å². The Bertz CT molecular complexity index is 745. The highest BCUT2D eigenvalue weighted by Crippen LogP contribution is 2.39. The third-order valence-electron chi connectivity index (χ3n) is 3.72. The van der Waals surface area contributed by atoms with Crippen molar-refractivity contribution in [3.63, 3.8) is 0 Å². The molecule has 1 unspecified atom stereocenters. The fourth-order valence-electron chi connectivity index (χ4n) is 2.62. The number of rotatable bonds is 2. The van der Waals surface area contributed by atoms with E-state index in [2.05, 4.69) is 5.32 Å². The first kappa shape index (κ1) is 14.0. The molecule has 1 heterocycles. The number of nitrogens with one attached hydrogen (secondary N) is 1. The Morgan fingerprint density at radius 3 is 2.76 bits per heavy atom. The van der Waals surface area contributed by atoms with Gasteiger partial charge in [0.05, 0.1) is 11.4 Å². The third kappa shape index (κ3) is 2.30. The zero-order valence-corrected chi connectivity index (χ0v) is 12.0. The van der Waals surface area contributed by atoms with Crippen molar-refractivity contribution in [3.8, 4) is 0 Å². The monoisotopic (exact) mass is 305 g/mol. The minimum atomic E-state index is -1.17. The molecule has 0 radical (unpaired) electrons. The van der Waals surface area contributed by atoms with Crippen molar-refractivity contribution in [2.45, 2.75) is 19.4 Å². The van der Waals surface area contributed by atoms with Gasteiger partial charge in [0, 0.05) is 16.8 Å². The maximum atomic E-state index is 13.8. The first-order chi connectivity index (χ1) is 9.99. The summed E-state index contributed by atoms with van der Waals surface area (Å²) in [5.74, 6) is -0.602. The molecule has 21 heavy (non-hydrogen) atoms. The number of aliphatic hydroxyl groups is 1. The van der Waals surface area contributed by atoms with Crippen LogP contribution in [0.5, 0.6) is 0 Å². The fraction of sp³-hybridized carbons (Fsp3) is 0.188. The average Bonchev–Trinajstić information content (AvgIpc) is 2.83. The molecule has 0 saturated carbocycles. The maximum Gasteiger partial charge on any atom is 0.228 e. The van der Waals surface area contributed by atoms with Gasteiger partial charge in [-0.3, -0.25) is 4.79 Å². The van der Waals surface area contributed by atoms with Crippen molar-refractivity contribution in [1.82, 2.24) is 0 Å². The van der Waals surface area contributed by atoms with Crippen LogP contribution in [0.15, 0.2) is 30.3 Å². The lowest BCUT2D eigenvalue weighted by Crippen LogP contribution is -2.06. The lowest BCUT2D eigenvalue weighted by molar-refractivity contribution is -0.115. The summed E-state index contributed by atoms with van der Waals surface area (Å²) >= 11 is 6.29. The van der Waals surface area contributed by atoms with Crippen molar-refractivity contribution in [2.75, 3.05) is 5.32 Å². The summed E-state index contributed by atoms with van der Waals surface area (Å²) in [6.07, 6.45) is -0.928. The zero-order valence-electron chi connectivity index (χ0n) is 11.3. The molecule has 1 aliphatic heterocycles. The van der Waals surface area contributed by atoms with Crippen LogP contribution in [0.2, 0.25) is 5.02 Å². The van der Waals surface area contributed by atoms with Crippen molar-refractivity contribution in [3.05, 3.63) is 63.4 Å². The minimum Gasteiger partial charge on any atom is -0.383 e. The number of fused-ring (bicyclic) bond motifs is 1. The summed E-state index contributed by atoms with van der Waals surface area (Å²) in [4.78, 5) is 11.5. The van der Waals surface area contributed by atoms with Gasteiger partial charge < -0.3 is 10.4 Å². The van der Waals surface area contributed by atoms with Gasteiger partial charge in [0.15, 0.2) is 0 Å². The molecular formula is C16H13ClFNO2. The SMILES string of the molecule is Cc1c(Cl)c(C(O)c2ccccc2F)cc2c1NC(=O)C2.